The number of carbonyl (C=O) groups excluding carboxylic acids is 1. The summed E-state index contributed by atoms with van der Waals surface area (Å²) >= 11 is 0. The Morgan fingerprint density at radius 1 is 0.973 bits per heavy atom. The topological polar surface area (TPSA) is 103 Å². The SMILES string of the molecule is COCOc1cc2nc(C)oc2cc1-c1ccc2nc(N3CCN(C(=O)OC(C)(C)C)CC3)ccc2n1. The molecule has 0 unspecified atom stereocenters. The number of aryl methyl sites for hydroxylation is 1. The Balaban J connectivity index is 1.37. The number of nitrogens with zero attached hydrogens (tertiary/aromatic N) is 5. The molecule has 0 spiro atoms. The van der Waals surface area contributed by atoms with Crippen molar-refractivity contribution < 1.29 is 23.4 Å². The lowest BCUT2D eigenvalue weighted by atomic mass is 10.1. The third kappa shape index (κ3) is 5.43. The summed E-state index contributed by atoms with van der Waals surface area (Å²) in [7, 11) is 1.58. The number of hydrogen-bond acceptors (Lipinski definition) is 9. The second-order valence-electron chi connectivity index (χ2n) is 9.96. The van der Waals surface area contributed by atoms with Gasteiger partial charge in [0.05, 0.1) is 16.7 Å². The Kier molecular flexibility index (Phi) is 6.59. The first-order valence-corrected chi connectivity index (χ1v) is 12.2. The molecule has 1 aliphatic heterocycles. The Morgan fingerprint density at radius 2 is 1.70 bits per heavy atom. The van der Waals surface area contributed by atoms with E-state index in [4.69, 9.17) is 28.6 Å². The van der Waals surface area contributed by atoms with Crippen LogP contribution in [0, 0.1) is 6.92 Å². The number of aromatic nitrogens is 3. The van der Waals surface area contributed by atoms with E-state index in [0.29, 0.717) is 48.9 Å². The highest BCUT2D eigenvalue weighted by molar-refractivity contribution is 5.86. The first-order valence-electron chi connectivity index (χ1n) is 12.2. The van der Waals surface area contributed by atoms with Gasteiger partial charge in [-0.1, -0.05) is 0 Å². The molecule has 0 bridgehead atoms. The predicted octanol–water partition coefficient (Wildman–Crippen LogP) is 4.79. The minimum absolute atomic E-state index is 0.106. The molecule has 0 atom stereocenters. The first kappa shape index (κ1) is 24.8. The zero-order valence-electron chi connectivity index (χ0n) is 21.8. The monoisotopic (exact) mass is 505 g/mol. The second-order valence-corrected chi connectivity index (χ2v) is 9.96. The third-order valence-corrected chi connectivity index (χ3v) is 5.99. The van der Waals surface area contributed by atoms with Crippen LogP contribution in [0.5, 0.6) is 5.75 Å². The Hall–Kier alpha value is -3.92. The van der Waals surface area contributed by atoms with Crippen molar-refractivity contribution >= 4 is 34.0 Å². The largest absolute Gasteiger partial charge is 0.467 e. The van der Waals surface area contributed by atoms with Crippen molar-refractivity contribution in [3.8, 4) is 17.0 Å². The summed E-state index contributed by atoms with van der Waals surface area (Å²) < 4.78 is 22.2. The molecular formula is C27H31N5O5. The van der Waals surface area contributed by atoms with Gasteiger partial charge < -0.3 is 28.4 Å². The fraction of sp³-hybridized carbons (Fsp3) is 0.407. The van der Waals surface area contributed by atoms with Crippen molar-refractivity contribution in [2.75, 3.05) is 45.0 Å². The van der Waals surface area contributed by atoms with Crippen molar-refractivity contribution in [2.45, 2.75) is 33.3 Å². The molecule has 1 amide bonds. The quantitative estimate of drug-likeness (QED) is 0.354. The van der Waals surface area contributed by atoms with Crippen LogP contribution >= 0.6 is 0 Å². The molecule has 37 heavy (non-hydrogen) atoms. The van der Waals surface area contributed by atoms with Crippen LogP contribution in [0.1, 0.15) is 26.7 Å². The summed E-state index contributed by atoms with van der Waals surface area (Å²) in [6.45, 7) is 10.1. The van der Waals surface area contributed by atoms with Crippen LogP contribution in [0.25, 0.3) is 33.4 Å². The zero-order chi connectivity index (χ0) is 26.2. The molecule has 10 nitrogen and oxygen atoms in total. The van der Waals surface area contributed by atoms with E-state index in [9.17, 15) is 4.79 Å². The van der Waals surface area contributed by atoms with Gasteiger partial charge in [0.25, 0.3) is 0 Å². The lowest BCUT2D eigenvalue weighted by Crippen LogP contribution is -2.50. The number of oxazole rings is 1. The number of piperazine rings is 1. The lowest BCUT2D eigenvalue weighted by Gasteiger charge is -2.36. The van der Waals surface area contributed by atoms with E-state index in [1.54, 1.807) is 12.0 Å². The summed E-state index contributed by atoms with van der Waals surface area (Å²) in [4.78, 5) is 30.4. The first-order chi connectivity index (χ1) is 17.7. The number of carbonyl (C=O) groups is 1. The van der Waals surface area contributed by atoms with Crippen molar-refractivity contribution in [3.05, 3.63) is 42.3 Å². The molecule has 1 saturated heterocycles. The number of fused-ring (bicyclic) bond motifs is 2. The van der Waals surface area contributed by atoms with Crippen LogP contribution in [0.15, 0.2) is 40.8 Å². The van der Waals surface area contributed by atoms with Gasteiger partial charge in [0.15, 0.2) is 18.3 Å². The molecule has 5 rings (SSSR count). The molecule has 1 aromatic carbocycles. The summed E-state index contributed by atoms with van der Waals surface area (Å²) in [6, 6.07) is 11.5. The number of anilines is 1. The number of methoxy groups -OCH3 is 1. The van der Waals surface area contributed by atoms with E-state index in [1.807, 2.05) is 64.1 Å². The van der Waals surface area contributed by atoms with E-state index in [1.165, 1.54) is 0 Å². The molecule has 1 aliphatic rings. The van der Waals surface area contributed by atoms with Crippen LogP contribution in [0.3, 0.4) is 0 Å². The van der Waals surface area contributed by atoms with Gasteiger partial charge in [0.1, 0.15) is 22.7 Å². The zero-order valence-corrected chi connectivity index (χ0v) is 21.8. The molecule has 194 valence electrons. The van der Waals surface area contributed by atoms with Gasteiger partial charge >= 0.3 is 6.09 Å². The summed E-state index contributed by atoms with van der Waals surface area (Å²) in [6.07, 6.45) is -0.275. The van der Waals surface area contributed by atoms with E-state index < -0.39 is 5.60 Å². The fourth-order valence-corrected chi connectivity index (χ4v) is 4.28. The standard InChI is InChI=1S/C27H31N5O5/c1-17-28-22-15-23(35-16-34-5)18(14-24(22)36-17)19-6-7-21-20(29-19)8-9-25(30-21)31-10-12-32(13-11-31)26(33)37-27(2,3)4/h6-9,14-15H,10-13,16H2,1-5H3. The maximum atomic E-state index is 12.4. The minimum Gasteiger partial charge on any atom is -0.467 e. The second kappa shape index (κ2) is 9.85. The maximum Gasteiger partial charge on any atom is 0.410 e. The van der Waals surface area contributed by atoms with Crippen molar-refractivity contribution in [1.29, 1.82) is 0 Å². The smallest absolute Gasteiger partial charge is 0.410 e. The van der Waals surface area contributed by atoms with Gasteiger partial charge in [0, 0.05) is 51.8 Å². The molecule has 0 aliphatic carbocycles. The molecule has 1 fully saturated rings. The van der Waals surface area contributed by atoms with Crippen LogP contribution in [-0.2, 0) is 9.47 Å². The van der Waals surface area contributed by atoms with Gasteiger partial charge in [-0.25, -0.2) is 19.7 Å². The molecule has 4 aromatic rings. The molecule has 4 heterocycles. The van der Waals surface area contributed by atoms with E-state index >= 15 is 0 Å². The highest BCUT2D eigenvalue weighted by atomic mass is 16.7. The number of hydrogen-bond donors (Lipinski definition) is 0. The summed E-state index contributed by atoms with van der Waals surface area (Å²) in [5, 5.41) is 0. The van der Waals surface area contributed by atoms with Crippen LogP contribution in [0.4, 0.5) is 10.6 Å². The van der Waals surface area contributed by atoms with E-state index in [2.05, 4.69) is 9.88 Å². The highest BCUT2D eigenvalue weighted by Gasteiger charge is 2.26. The molecule has 3 aromatic heterocycles. The van der Waals surface area contributed by atoms with E-state index in [-0.39, 0.29) is 12.9 Å². The van der Waals surface area contributed by atoms with Gasteiger partial charge in [-0.05, 0) is 51.1 Å². The average Bonchev–Trinajstić information content (AvgIpc) is 3.24. The maximum absolute atomic E-state index is 12.4. The predicted molar refractivity (Wildman–Crippen MR) is 140 cm³/mol. The Morgan fingerprint density at radius 3 is 2.43 bits per heavy atom. The van der Waals surface area contributed by atoms with Crippen LogP contribution in [-0.4, -0.2) is 71.6 Å². The number of pyridine rings is 2. The number of ether oxygens (including phenoxy) is 3. The summed E-state index contributed by atoms with van der Waals surface area (Å²) in [5.74, 6) is 2.05. The van der Waals surface area contributed by atoms with Gasteiger partial charge in [-0.3, -0.25) is 0 Å². The molecular weight excluding hydrogens is 474 g/mol. The van der Waals surface area contributed by atoms with Gasteiger partial charge in [0.2, 0.25) is 0 Å². The number of rotatable bonds is 5. The van der Waals surface area contributed by atoms with Crippen molar-refractivity contribution in [2.24, 2.45) is 0 Å². The lowest BCUT2D eigenvalue weighted by molar-refractivity contribution is 0.0240. The Bertz CT molecular complexity index is 1440. The van der Waals surface area contributed by atoms with Crippen LogP contribution in [0.2, 0.25) is 0 Å². The summed E-state index contributed by atoms with van der Waals surface area (Å²) in [5.41, 5.74) is 3.94. The molecule has 10 heteroatoms. The van der Waals surface area contributed by atoms with Gasteiger partial charge in [-0.15, -0.1) is 0 Å². The third-order valence-electron chi connectivity index (χ3n) is 5.99. The van der Waals surface area contributed by atoms with Gasteiger partial charge in [-0.2, -0.15) is 0 Å². The normalized spacial score (nSPS) is 14.4. The molecule has 0 radical (unpaired) electrons. The fourth-order valence-electron chi connectivity index (χ4n) is 4.28. The van der Waals surface area contributed by atoms with Crippen molar-refractivity contribution in [3.63, 3.8) is 0 Å². The van der Waals surface area contributed by atoms with E-state index in [0.717, 1.165) is 28.1 Å². The van der Waals surface area contributed by atoms with Crippen LogP contribution < -0.4 is 9.64 Å². The Labute approximate surface area is 215 Å². The highest BCUT2D eigenvalue weighted by Crippen LogP contribution is 2.34. The average molecular weight is 506 g/mol. The minimum atomic E-state index is -0.504. The number of benzene rings is 1. The molecule has 0 N–H and O–H groups in total. The van der Waals surface area contributed by atoms with Crippen molar-refractivity contribution in [1.82, 2.24) is 19.9 Å². The number of amides is 1. The molecule has 0 saturated carbocycles.